The van der Waals surface area contributed by atoms with Crippen LogP contribution in [0.5, 0.6) is 0 Å². The highest BCUT2D eigenvalue weighted by molar-refractivity contribution is 7.80. The number of nitrogens with one attached hydrogen (secondary N) is 2. The smallest absolute Gasteiger partial charge is 0.408 e. The monoisotopic (exact) mass is 511 g/mol. The van der Waals surface area contributed by atoms with Crippen LogP contribution >= 0.6 is 12.6 Å². The van der Waals surface area contributed by atoms with Gasteiger partial charge in [-0.1, -0.05) is 68.1 Å². The van der Waals surface area contributed by atoms with Crippen LogP contribution in [0.15, 0.2) is 61.2 Å². The summed E-state index contributed by atoms with van der Waals surface area (Å²) in [4.78, 5) is 41.2. The first-order valence-electron chi connectivity index (χ1n) is 12.0. The normalized spacial score (nSPS) is 12.7. The number of alkyl carbamates (subject to hydrolysis) is 1. The topological polar surface area (TPSA) is 87.7 Å². The van der Waals surface area contributed by atoms with Crippen molar-refractivity contribution in [2.75, 3.05) is 12.3 Å². The average Bonchev–Trinajstić information content (AvgIpc) is 2.85. The van der Waals surface area contributed by atoms with Crippen molar-refractivity contribution in [2.24, 2.45) is 0 Å². The van der Waals surface area contributed by atoms with Crippen LogP contribution in [-0.4, -0.2) is 46.7 Å². The molecular formula is C28H37N3O4S. The quantitative estimate of drug-likeness (QED) is 0.380. The molecule has 0 aliphatic carbocycles. The maximum Gasteiger partial charge on any atom is 0.408 e. The van der Waals surface area contributed by atoms with Crippen molar-refractivity contribution in [3.63, 3.8) is 0 Å². The lowest BCUT2D eigenvalue weighted by Crippen LogP contribution is -2.54. The maximum atomic E-state index is 13.7. The first-order valence-corrected chi connectivity index (χ1v) is 12.7. The van der Waals surface area contributed by atoms with Crippen LogP contribution in [0.1, 0.15) is 56.8 Å². The Hall–Kier alpha value is -3.26. The lowest BCUT2D eigenvalue weighted by Gasteiger charge is -2.34. The summed E-state index contributed by atoms with van der Waals surface area (Å²) in [5, 5.41) is 5.58. The molecule has 2 N–H and O–H groups in total. The molecule has 0 aliphatic rings. The molecule has 2 unspecified atom stereocenters. The molecule has 0 saturated heterocycles. The molecule has 36 heavy (non-hydrogen) atoms. The SMILES string of the molecule is C=Cc1cccc(C(C(=O)NCc2ccccc2)N(CCC)C(=O)C(CS)NC(=O)OC(C)(C)C)c1. The molecule has 0 aliphatic heterocycles. The zero-order valence-electron chi connectivity index (χ0n) is 21.5. The molecule has 0 aromatic heterocycles. The molecule has 0 heterocycles. The Labute approximate surface area is 219 Å². The number of nitrogens with zero attached hydrogens (tertiary/aromatic N) is 1. The average molecular weight is 512 g/mol. The van der Waals surface area contributed by atoms with Crippen molar-refractivity contribution in [2.45, 2.75) is 58.3 Å². The predicted octanol–water partition coefficient (Wildman–Crippen LogP) is 4.75. The molecule has 7 nitrogen and oxygen atoms in total. The molecule has 8 heteroatoms. The molecule has 2 atom stereocenters. The van der Waals surface area contributed by atoms with E-state index in [2.05, 4.69) is 29.8 Å². The third kappa shape index (κ3) is 8.75. The number of amides is 3. The summed E-state index contributed by atoms with van der Waals surface area (Å²) >= 11 is 4.30. The molecule has 0 saturated carbocycles. The van der Waals surface area contributed by atoms with Crippen LogP contribution in [0.25, 0.3) is 6.08 Å². The van der Waals surface area contributed by atoms with E-state index >= 15 is 0 Å². The third-order valence-corrected chi connectivity index (χ3v) is 5.62. The van der Waals surface area contributed by atoms with E-state index < -0.39 is 29.7 Å². The number of rotatable bonds is 11. The van der Waals surface area contributed by atoms with Crippen LogP contribution < -0.4 is 10.6 Å². The Morgan fingerprint density at radius 2 is 1.81 bits per heavy atom. The van der Waals surface area contributed by atoms with Gasteiger partial charge in [-0.15, -0.1) is 0 Å². The molecule has 0 radical (unpaired) electrons. The number of hydrogen-bond acceptors (Lipinski definition) is 5. The fourth-order valence-corrected chi connectivity index (χ4v) is 3.90. The fraction of sp³-hybridized carbons (Fsp3) is 0.393. The Bertz CT molecular complexity index is 1040. The Balaban J connectivity index is 2.39. The maximum absolute atomic E-state index is 13.7. The van der Waals surface area contributed by atoms with Gasteiger partial charge >= 0.3 is 6.09 Å². The minimum absolute atomic E-state index is 0.0450. The minimum Gasteiger partial charge on any atom is -0.444 e. The zero-order valence-corrected chi connectivity index (χ0v) is 22.4. The van der Waals surface area contributed by atoms with E-state index in [-0.39, 0.29) is 11.7 Å². The van der Waals surface area contributed by atoms with Gasteiger partial charge in [-0.05, 0) is 49.9 Å². The first-order chi connectivity index (χ1) is 17.1. The van der Waals surface area contributed by atoms with E-state index in [1.54, 1.807) is 26.8 Å². The molecule has 0 fully saturated rings. The van der Waals surface area contributed by atoms with Gasteiger partial charge in [0.1, 0.15) is 17.7 Å². The van der Waals surface area contributed by atoms with Gasteiger partial charge in [-0.3, -0.25) is 9.59 Å². The van der Waals surface area contributed by atoms with E-state index in [0.29, 0.717) is 25.1 Å². The second-order valence-electron chi connectivity index (χ2n) is 9.39. The van der Waals surface area contributed by atoms with Gasteiger partial charge in [0.05, 0.1) is 0 Å². The van der Waals surface area contributed by atoms with Gasteiger partial charge in [-0.2, -0.15) is 12.6 Å². The van der Waals surface area contributed by atoms with Crippen molar-refractivity contribution in [1.29, 1.82) is 0 Å². The van der Waals surface area contributed by atoms with Crippen LogP contribution in [0.3, 0.4) is 0 Å². The van der Waals surface area contributed by atoms with E-state index in [4.69, 9.17) is 4.74 Å². The summed E-state index contributed by atoms with van der Waals surface area (Å²) in [7, 11) is 0. The van der Waals surface area contributed by atoms with Crippen LogP contribution in [0, 0.1) is 0 Å². The van der Waals surface area contributed by atoms with Crippen LogP contribution in [0.4, 0.5) is 4.79 Å². The van der Waals surface area contributed by atoms with E-state index in [9.17, 15) is 14.4 Å². The summed E-state index contributed by atoms with van der Waals surface area (Å²) < 4.78 is 5.33. The van der Waals surface area contributed by atoms with Gasteiger partial charge in [0.2, 0.25) is 11.8 Å². The lowest BCUT2D eigenvalue weighted by molar-refractivity contribution is -0.142. The van der Waals surface area contributed by atoms with Gasteiger partial charge in [0.15, 0.2) is 0 Å². The highest BCUT2D eigenvalue weighted by atomic mass is 32.1. The Morgan fingerprint density at radius 1 is 1.11 bits per heavy atom. The summed E-state index contributed by atoms with van der Waals surface area (Å²) in [6.07, 6.45) is 1.58. The summed E-state index contributed by atoms with van der Waals surface area (Å²) in [5.41, 5.74) is 1.70. The largest absolute Gasteiger partial charge is 0.444 e. The number of hydrogen-bond donors (Lipinski definition) is 3. The van der Waals surface area contributed by atoms with E-state index in [1.807, 2.05) is 61.5 Å². The molecule has 0 spiro atoms. The summed E-state index contributed by atoms with van der Waals surface area (Å²) in [6, 6.07) is 15.0. The van der Waals surface area contributed by atoms with Gasteiger partial charge < -0.3 is 20.3 Å². The first kappa shape index (κ1) is 29.0. The second-order valence-corrected chi connectivity index (χ2v) is 9.76. The summed E-state index contributed by atoms with van der Waals surface area (Å²) in [5.74, 6) is -0.692. The minimum atomic E-state index is -0.971. The number of ether oxygens (including phenoxy) is 1. The number of carbonyl (C=O) groups is 3. The van der Waals surface area contributed by atoms with Crippen molar-refractivity contribution >= 4 is 36.6 Å². The molecule has 2 rings (SSSR count). The highest BCUT2D eigenvalue weighted by Crippen LogP contribution is 2.25. The number of benzene rings is 2. The van der Waals surface area contributed by atoms with Gasteiger partial charge in [0, 0.05) is 18.8 Å². The van der Waals surface area contributed by atoms with E-state index in [1.165, 1.54) is 4.90 Å². The molecule has 194 valence electrons. The molecule has 0 bridgehead atoms. The Morgan fingerprint density at radius 3 is 2.39 bits per heavy atom. The second kappa shape index (κ2) is 13.7. The summed E-state index contributed by atoms with van der Waals surface area (Å²) in [6.45, 7) is 11.6. The van der Waals surface area contributed by atoms with Crippen LogP contribution in [0.2, 0.25) is 0 Å². The van der Waals surface area contributed by atoms with Crippen molar-refractivity contribution in [1.82, 2.24) is 15.5 Å². The third-order valence-electron chi connectivity index (χ3n) is 5.25. The van der Waals surface area contributed by atoms with E-state index in [0.717, 1.165) is 11.1 Å². The fourth-order valence-electron chi connectivity index (χ4n) is 3.65. The highest BCUT2D eigenvalue weighted by Gasteiger charge is 2.35. The Kier molecular flexibility index (Phi) is 11.0. The van der Waals surface area contributed by atoms with Gasteiger partial charge in [0.25, 0.3) is 0 Å². The number of thiol groups is 1. The molecule has 2 aromatic rings. The molecule has 3 amide bonds. The zero-order chi connectivity index (χ0) is 26.7. The van der Waals surface area contributed by atoms with Crippen molar-refractivity contribution < 1.29 is 19.1 Å². The van der Waals surface area contributed by atoms with Gasteiger partial charge in [-0.25, -0.2) is 4.79 Å². The molecule has 2 aromatic carbocycles. The van der Waals surface area contributed by atoms with Crippen molar-refractivity contribution in [3.8, 4) is 0 Å². The van der Waals surface area contributed by atoms with Crippen LogP contribution in [-0.2, 0) is 20.9 Å². The predicted molar refractivity (Wildman–Crippen MR) is 147 cm³/mol. The lowest BCUT2D eigenvalue weighted by atomic mass is 10.00. The number of carbonyl (C=O) groups excluding carboxylic acids is 3. The molecular weight excluding hydrogens is 474 g/mol. The standard InChI is InChI=1S/C28H37N3O4S/c1-6-16-31(26(33)23(19-36)30-27(34)35-28(3,4)5)24(22-15-11-14-20(7-2)17-22)25(32)29-18-21-12-9-8-10-13-21/h7-15,17,23-24,36H,2,6,16,18-19H2,1,3-5H3,(H,29,32)(H,30,34). The van der Waals surface area contributed by atoms with Crippen molar-refractivity contribution in [3.05, 3.63) is 77.9 Å².